The number of aromatic nitrogens is 4. The number of hydrogen-bond acceptors (Lipinski definition) is 5. The van der Waals surface area contributed by atoms with E-state index in [-0.39, 0.29) is 0 Å². The van der Waals surface area contributed by atoms with E-state index in [2.05, 4.69) is 10.2 Å². The van der Waals surface area contributed by atoms with Gasteiger partial charge in [-0.3, -0.25) is 0 Å². The van der Waals surface area contributed by atoms with Crippen molar-refractivity contribution < 1.29 is 14.6 Å². The highest BCUT2D eigenvalue weighted by Gasteiger charge is 2.26. The molecule has 1 N–H and O–H groups in total. The van der Waals surface area contributed by atoms with Gasteiger partial charge in [-0.05, 0) is 68.0 Å². The Kier molecular flexibility index (Phi) is 8.44. The van der Waals surface area contributed by atoms with Crippen LogP contribution in [0.3, 0.4) is 0 Å². The van der Waals surface area contributed by atoms with Gasteiger partial charge in [0.05, 0.1) is 37.5 Å². The van der Waals surface area contributed by atoms with Gasteiger partial charge in [0.2, 0.25) is 0 Å². The van der Waals surface area contributed by atoms with Crippen molar-refractivity contribution in [1.82, 2.24) is 19.6 Å². The molecule has 1 aliphatic rings. The van der Waals surface area contributed by atoms with E-state index in [1.807, 2.05) is 90.3 Å². The van der Waals surface area contributed by atoms with Crippen LogP contribution in [0.25, 0.3) is 11.4 Å². The zero-order chi connectivity index (χ0) is 25.5. The second kappa shape index (κ2) is 11.9. The lowest BCUT2D eigenvalue weighted by Crippen LogP contribution is -2.17. The van der Waals surface area contributed by atoms with Gasteiger partial charge in [0.1, 0.15) is 17.6 Å². The predicted molar refractivity (Wildman–Crippen MR) is 141 cm³/mol. The second-order valence-corrected chi connectivity index (χ2v) is 9.35. The average molecular weight is 489 g/mol. The summed E-state index contributed by atoms with van der Waals surface area (Å²) in [7, 11) is 3.32. The number of nitrogens with zero attached hydrogens (tertiary/aromatic N) is 4. The van der Waals surface area contributed by atoms with Gasteiger partial charge >= 0.3 is 0 Å². The molecule has 190 valence electrons. The molecule has 2 aromatic carbocycles. The summed E-state index contributed by atoms with van der Waals surface area (Å²) in [6.07, 6.45) is 11.3. The highest BCUT2D eigenvalue weighted by Crippen LogP contribution is 2.35. The van der Waals surface area contributed by atoms with Crippen molar-refractivity contribution in [3.63, 3.8) is 0 Å². The molecule has 0 saturated heterocycles. The maximum absolute atomic E-state index is 10.7. The molecule has 0 spiro atoms. The van der Waals surface area contributed by atoms with Crippen LogP contribution in [0.1, 0.15) is 55.0 Å². The first-order valence-electron chi connectivity index (χ1n) is 12.5. The summed E-state index contributed by atoms with van der Waals surface area (Å²) in [6, 6.07) is 15.6. The third-order valence-electron chi connectivity index (χ3n) is 6.66. The third-order valence-corrected chi connectivity index (χ3v) is 6.66. The number of aliphatic hydroxyl groups excluding tert-OH is 1. The molecule has 7 heteroatoms. The van der Waals surface area contributed by atoms with Gasteiger partial charge < -0.3 is 14.6 Å². The summed E-state index contributed by atoms with van der Waals surface area (Å²) in [5.74, 6) is 2.00. The van der Waals surface area contributed by atoms with Crippen LogP contribution in [0.4, 0.5) is 0 Å². The molecule has 1 saturated carbocycles. The SMILES string of the molecule is COc1cccc(-n2cc(C)c(C(O)C3CCCCC3)n2)c1.COc1cccc(-n2cc(C)cn2)c1. The van der Waals surface area contributed by atoms with Gasteiger partial charge in [-0.25, -0.2) is 9.36 Å². The Morgan fingerprint density at radius 1 is 0.861 bits per heavy atom. The average Bonchev–Trinajstić information content (AvgIpc) is 3.54. The molecule has 0 bridgehead atoms. The van der Waals surface area contributed by atoms with Crippen LogP contribution in [0.5, 0.6) is 11.5 Å². The van der Waals surface area contributed by atoms with Crippen molar-refractivity contribution in [1.29, 1.82) is 0 Å². The zero-order valence-corrected chi connectivity index (χ0v) is 21.6. The molecule has 1 aliphatic carbocycles. The number of aryl methyl sites for hydroxylation is 2. The topological polar surface area (TPSA) is 74.3 Å². The number of benzene rings is 2. The maximum Gasteiger partial charge on any atom is 0.121 e. The summed E-state index contributed by atoms with van der Waals surface area (Å²) >= 11 is 0. The Morgan fingerprint density at radius 3 is 2.03 bits per heavy atom. The van der Waals surface area contributed by atoms with Gasteiger partial charge in [-0.15, -0.1) is 0 Å². The number of methoxy groups -OCH3 is 2. The Balaban J connectivity index is 0.000000187. The summed E-state index contributed by atoms with van der Waals surface area (Å²) in [4.78, 5) is 0. The summed E-state index contributed by atoms with van der Waals surface area (Å²) < 4.78 is 14.1. The molecule has 2 aromatic heterocycles. The number of rotatable bonds is 6. The Morgan fingerprint density at radius 2 is 1.47 bits per heavy atom. The standard InChI is InChI=1S/C18H24N2O2.C11H12N2O/c1-13-12-20(15-9-6-10-16(11-15)22-2)19-17(13)18(21)14-7-4-3-5-8-14;1-9-7-12-13(8-9)10-4-3-5-11(6-10)14-2/h6,9-12,14,18,21H,3-5,7-8H2,1-2H3;3-8H,1-2H3. The molecule has 1 unspecified atom stereocenters. The molecule has 0 aliphatic heterocycles. The quantitative estimate of drug-likeness (QED) is 0.361. The van der Waals surface area contributed by atoms with Gasteiger partial charge in [-0.1, -0.05) is 31.4 Å². The van der Waals surface area contributed by atoms with Crippen LogP contribution in [-0.2, 0) is 0 Å². The molecule has 36 heavy (non-hydrogen) atoms. The van der Waals surface area contributed by atoms with Crippen molar-refractivity contribution >= 4 is 0 Å². The smallest absolute Gasteiger partial charge is 0.121 e. The van der Waals surface area contributed by atoms with Crippen molar-refractivity contribution in [2.75, 3.05) is 14.2 Å². The largest absolute Gasteiger partial charge is 0.497 e. The molecule has 4 aromatic rings. The fourth-order valence-electron chi connectivity index (χ4n) is 4.63. The molecule has 5 rings (SSSR count). The molecular formula is C29H36N4O3. The lowest BCUT2D eigenvalue weighted by Gasteiger charge is -2.25. The second-order valence-electron chi connectivity index (χ2n) is 9.35. The lowest BCUT2D eigenvalue weighted by molar-refractivity contribution is 0.0803. The van der Waals surface area contributed by atoms with E-state index < -0.39 is 6.10 Å². The van der Waals surface area contributed by atoms with E-state index in [9.17, 15) is 5.11 Å². The van der Waals surface area contributed by atoms with Crippen molar-refractivity contribution in [3.05, 3.63) is 83.9 Å². The zero-order valence-electron chi connectivity index (χ0n) is 21.6. The summed E-state index contributed by atoms with van der Waals surface area (Å²) in [5.41, 5.74) is 4.96. The van der Waals surface area contributed by atoms with E-state index in [0.717, 1.165) is 52.5 Å². The van der Waals surface area contributed by atoms with Crippen LogP contribution >= 0.6 is 0 Å². The van der Waals surface area contributed by atoms with Crippen LogP contribution < -0.4 is 9.47 Å². The molecule has 0 amide bonds. The summed E-state index contributed by atoms with van der Waals surface area (Å²) in [5, 5.41) is 19.6. The minimum Gasteiger partial charge on any atom is -0.497 e. The lowest BCUT2D eigenvalue weighted by atomic mass is 9.83. The third kappa shape index (κ3) is 6.15. The molecule has 2 heterocycles. The normalized spacial score (nSPS) is 14.6. The maximum atomic E-state index is 10.7. The highest BCUT2D eigenvalue weighted by atomic mass is 16.5. The van der Waals surface area contributed by atoms with E-state index >= 15 is 0 Å². The van der Waals surface area contributed by atoms with Crippen LogP contribution in [-0.4, -0.2) is 38.9 Å². The fraction of sp³-hybridized carbons (Fsp3) is 0.379. The molecule has 0 radical (unpaired) electrons. The summed E-state index contributed by atoms with van der Waals surface area (Å²) in [6.45, 7) is 4.04. The van der Waals surface area contributed by atoms with Gasteiger partial charge in [0.25, 0.3) is 0 Å². The first-order chi connectivity index (χ1) is 17.5. The van der Waals surface area contributed by atoms with E-state index in [1.54, 1.807) is 14.2 Å². The van der Waals surface area contributed by atoms with E-state index in [0.29, 0.717) is 5.92 Å². The Labute approximate surface area is 213 Å². The first-order valence-corrected chi connectivity index (χ1v) is 12.5. The van der Waals surface area contributed by atoms with E-state index in [4.69, 9.17) is 9.47 Å². The van der Waals surface area contributed by atoms with Gasteiger partial charge in [0, 0.05) is 24.5 Å². The monoisotopic (exact) mass is 488 g/mol. The molecule has 7 nitrogen and oxygen atoms in total. The minimum atomic E-state index is -0.452. The molecule has 1 fully saturated rings. The van der Waals surface area contributed by atoms with Crippen LogP contribution in [0, 0.1) is 19.8 Å². The van der Waals surface area contributed by atoms with Crippen molar-refractivity contribution in [2.45, 2.75) is 52.1 Å². The number of ether oxygens (including phenoxy) is 2. The van der Waals surface area contributed by atoms with Crippen molar-refractivity contribution in [3.8, 4) is 22.9 Å². The number of aliphatic hydroxyl groups is 1. The first kappa shape index (κ1) is 25.5. The minimum absolute atomic E-state index is 0.348. The van der Waals surface area contributed by atoms with E-state index in [1.165, 1.54) is 19.3 Å². The van der Waals surface area contributed by atoms with Gasteiger partial charge in [-0.2, -0.15) is 10.2 Å². The van der Waals surface area contributed by atoms with Crippen molar-refractivity contribution in [2.24, 2.45) is 5.92 Å². The Hall–Kier alpha value is -3.58. The molecule has 1 atom stereocenters. The van der Waals surface area contributed by atoms with Gasteiger partial charge in [0.15, 0.2) is 0 Å². The van der Waals surface area contributed by atoms with Crippen LogP contribution in [0.15, 0.2) is 67.1 Å². The Bertz CT molecular complexity index is 1260. The predicted octanol–water partition coefficient (Wildman–Crippen LogP) is 5.99. The van der Waals surface area contributed by atoms with Crippen LogP contribution in [0.2, 0.25) is 0 Å². The fourth-order valence-corrected chi connectivity index (χ4v) is 4.63. The highest BCUT2D eigenvalue weighted by molar-refractivity contribution is 5.40. The molecular weight excluding hydrogens is 452 g/mol. The number of hydrogen-bond donors (Lipinski definition) is 1.